The van der Waals surface area contributed by atoms with Crippen molar-refractivity contribution in [1.82, 2.24) is 4.98 Å². The van der Waals surface area contributed by atoms with Crippen LogP contribution in [-0.4, -0.2) is 16.9 Å². The summed E-state index contributed by atoms with van der Waals surface area (Å²) >= 11 is 0. The van der Waals surface area contributed by atoms with Gasteiger partial charge >= 0.3 is 0 Å². The number of H-pyrrole nitrogens is 1. The maximum atomic E-state index is 12.5. The van der Waals surface area contributed by atoms with E-state index in [1.165, 1.54) is 6.26 Å². The van der Waals surface area contributed by atoms with Gasteiger partial charge in [-0.3, -0.25) is 4.79 Å². The highest BCUT2D eigenvalue weighted by atomic mass is 16.5. The van der Waals surface area contributed by atoms with Crippen LogP contribution in [0, 0.1) is 0 Å². The number of carbonyl (C=O) groups is 1. The summed E-state index contributed by atoms with van der Waals surface area (Å²) in [4.78, 5) is 15.6. The molecule has 3 rings (SSSR count). The van der Waals surface area contributed by atoms with E-state index in [9.17, 15) is 4.79 Å². The third kappa shape index (κ3) is 2.09. The number of aromatic amines is 1. The molecule has 2 heterocycles. The SMILES string of the molecule is CC(C)Oc1cccc2[nH]cc(C(=O)c3ccco3)c12. The first-order chi connectivity index (χ1) is 9.66. The highest BCUT2D eigenvalue weighted by Crippen LogP contribution is 2.31. The summed E-state index contributed by atoms with van der Waals surface area (Å²) < 4.78 is 11.0. The number of fused-ring (bicyclic) bond motifs is 1. The predicted octanol–water partition coefficient (Wildman–Crippen LogP) is 3.78. The molecule has 1 aromatic carbocycles. The molecule has 0 aliphatic heterocycles. The molecule has 0 amide bonds. The molecule has 102 valence electrons. The van der Waals surface area contributed by atoms with Crippen LogP contribution in [0.1, 0.15) is 30.0 Å². The normalized spacial score (nSPS) is 11.2. The number of hydrogen-bond donors (Lipinski definition) is 1. The third-order valence-corrected chi connectivity index (χ3v) is 3.02. The fraction of sp³-hybridized carbons (Fsp3) is 0.188. The fourth-order valence-electron chi connectivity index (χ4n) is 2.22. The van der Waals surface area contributed by atoms with Gasteiger partial charge in [0.2, 0.25) is 5.78 Å². The number of furan rings is 1. The first-order valence-corrected chi connectivity index (χ1v) is 6.52. The zero-order valence-electron chi connectivity index (χ0n) is 11.3. The van der Waals surface area contributed by atoms with Crippen LogP contribution in [0.4, 0.5) is 0 Å². The van der Waals surface area contributed by atoms with Crippen LogP contribution in [0.15, 0.2) is 47.2 Å². The topological polar surface area (TPSA) is 55.2 Å². The van der Waals surface area contributed by atoms with E-state index in [0.717, 1.165) is 10.9 Å². The largest absolute Gasteiger partial charge is 0.490 e. The summed E-state index contributed by atoms with van der Waals surface area (Å²) in [6.45, 7) is 3.92. The number of carbonyl (C=O) groups excluding carboxylic acids is 1. The third-order valence-electron chi connectivity index (χ3n) is 3.02. The Morgan fingerprint density at radius 1 is 1.25 bits per heavy atom. The Labute approximate surface area is 116 Å². The maximum absolute atomic E-state index is 12.5. The molecule has 1 N–H and O–H groups in total. The van der Waals surface area contributed by atoms with E-state index in [-0.39, 0.29) is 11.9 Å². The van der Waals surface area contributed by atoms with Crippen molar-refractivity contribution in [3.8, 4) is 5.75 Å². The van der Waals surface area contributed by atoms with Gasteiger partial charge in [-0.2, -0.15) is 0 Å². The monoisotopic (exact) mass is 269 g/mol. The number of ether oxygens (including phenoxy) is 1. The maximum Gasteiger partial charge on any atom is 0.230 e. The highest BCUT2D eigenvalue weighted by Gasteiger charge is 2.19. The van der Waals surface area contributed by atoms with E-state index < -0.39 is 0 Å². The molecule has 4 heteroatoms. The molecule has 2 aromatic heterocycles. The van der Waals surface area contributed by atoms with Crippen molar-refractivity contribution >= 4 is 16.7 Å². The van der Waals surface area contributed by atoms with Gasteiger partial charge in [0.25, 0.3) is 0 Å². The lowest BCUT2D eigenvalue weighted by molar-refractivity contribution is 0.101. The minimum atomic E-state index is -0.152. The van der Waals surface area contributed by atoms with Crippen LogP contribution < -0.4 is 4.74 Å². The van der Waals surface area contributed by atoms with Crippen molar-refractivity contribution in [2.24, 2.45) is 0 Å². The number of ketones is 1. The van der Waals surface area contributed by atoms with Gasteiger partial charge in [0.1, 0.15) is 5.75 Å². The summed E-state index contributed by atoms with van der Waals surface area (Å²) in [7, 11) is 0. The average Bonchev–Trinajstić information content (AvgIpc) is 3.07. The molecule has 0 bridgehead atoms. The number of benzene rings is 1. The second-order valence-electron chi connectivity index (χ2n) is 4.85. The van der Waals surface area contributed by atoms with Crippen molar-refractivity contribution in [2.75, 3.05) is 0 Å². The number of rotatable bonds is 4. The molecule has 20 heavy (non-hydrogen) atoms. The fourth-order valence-corrected chi connectivity index (χ4v) is 2.22. The minimum absolute atomic E-state index is 0.0436. The van der Waals surface area contributed by atoms with E-state index in [0.29, 0.717) is 17.1 Å². The van der Waals surface area contributed by atoms with E-state index in [1.807, 2.05) is 32.0 Å². The van der Waals surface area contributed by atoms with Crippen molar-refractivity contribution in [1.29, 1.82) is 0 Å². The first kappa shape index (κ1) is 12.5. The Bertz CT molecular complexity index is 738. The average molecular weight is 269 g/mol. The molecule has 0 spiro atoms. The first-order valence-electron chi connectivity index (χ1n) is 6.52. The van der Waals surface area contributed by atoms with Gasteiger partial charge in [-0.1, -0.05) is 6.07 Å². The quantitative estimate of drug-likeness (QED) is 0.733. The van der Waals surface area contributed by atoms with Crippen LogP contribution in [-0.2, 0) is 0 Å². The Kier molecular flexibility index (Phi) is 3.06. The molecule has 0 unspecified atom stereocenters. The van der Waals surface area contributed by atoms with Crippen LogP contribution in [0.5, 0.6) is 5.75 Å². The van der Waals surface area contributed by atoms with Gasteiger partial charge in [0.15, 0.2) is 5.76 Å². The van der Waals surface area contributed by atoms with Crippen LogP contribution in [0.3, 0.4) is 0 Å². The van der Waals surface area contributed by atoms with E-state index >= 15 is 0 Å². The van der Waals surface area contributed by atoms with Crippen molar-refractivity contribution in [3.05, 3.63) is 54.1 Å². The zero-order chi connectivity index (χ0) is 14.1. The highest BCUT2D eigenvalue weighted by molar-refractivity contribution is 6.16. The summed E-state index contributed by atoms with van der Waals surface area (Å²) in [6.07, 6.45) is 3.23. The standard InChI is InChI=1S/C16H15NO3/c1-10(2)20-13-6-3-5-12-15(13)11(9-17-12)16(18)14-7-4-8-19-14/h3-10,17H,1-2H3. The number of nitrogens with one attached hydrogen (secondary N) is 1. The minimum Gasteiger partial charge on any atom is -0.490 e. The Morgan fingerprint density at radius 2 is 2.10 bits per heavy atom. The van der Waals surface area contributed by atoms with E-state index in [1.54, 1.807) is 18.3 Å². The van der Waals surface area contributed by atoms with Crippen molar-refractivity contribution in [2.45, 2.75) is 20.0 Å². The van der Waals surface area contributed by atoms with Crippen LogP contribution in [0.2, 0.25) is 0 Å². The van der Waals surface area contributed by atoms with Gasteiger partial charge in [0.05, 0.1) is 23.3 Å². The number of aromatic nitrogens is 1. The summed E-state index contributed by atoms with van der Waals surface area (Å²) in [6, 6.07) is 9.05. The zero-order valence-corrected chi connectivity index (χ0v) is 11.3. The lowest BCUT2D eigenvalue weighted by Crippen LogP contribution is -2.07. The molecule has 0 saturated heterocycles. The summed E-state index contributed by atoms with van der Waals surface area (Å²) in [5.74, 6) is 0.875. The smallest absolute Gasteiger partial charge is 0.230 e. The Hall–Kier alpha value is -2.49. The molecular weight excluding hydrogens is 254 g/mol. The van der Waals surface area contributed by atoms with Gasteiger partial charge in [-0.25, -0.2) is 0 Å². The summed E-state index contributed by atoms with van der Waals surface area (Å²) in [5, 5.41) is 0.794. The Morgan fingerprint density at radius 3 is 2.80 bits per heavy atom. The van der Waals surface area contributed by atoms with Gasteiger partial charge in [0, 0.05) is 11.7 Å². The predicted molar refractivity (Wildman–Crippen MR) is 76.2 cm³/mol. The van der Waals surface area contributed by atoms with E-state index in [4.69, 9.17) is 9.15 Å². The molecule has 0 fully saturated rings. The molecule has 0 atom stereocenters. The Balaban J connectivity index is 2.14. The lowest BCUT2D eigenvalue weighted by atomic mass is 10.1. The van der Waals surface area contributed by atoms with Crippen LogP contribution >= 0.6 is 0 Å². The van der Waals surface area contributed by atoms with Crippen molar-refractivity contribution in [3.63, 3.8) is 0 Å². The van der Waals surface area contributed by atoms with Gasteiger partial charge < -0.3 is 14.1 Å². The number of hydrogen-bond acceptors (Lipinski definition) is 3. The van der Waals surface area contributed by atoms with Crippen LogP contribution in [0.25, 0.3) is 10.9 Å². The molecule has 0 aliphatic rings. The van der Waals surface area contributed by atoms with E-state index in [2.05, 4.69) is 4.98 Å². The summed E-state index contributed by atoms with van der Waals surface area (Å²) in [5.41, 5.74) is 1.43. The molecule has 0 radical (unpaired) electrons. The molecule has 0 aliphatic carbocycles. The molecular formula is C16H15NO3. The molecule has 0 saturated carbocycles. The van der Waals surface area contributed by atoms with Gasteiger partial charge in [-0.15, -0.1) is 0 Å². The molecule has 3 aromatic rings. The lowest BCUT2D eigenvalue weighted by Gasteiger charge is -2.11. The second-order valence-corrected chi connectivity index (χ2v) is 4.85. The molecule has 4 nitrogen and oxygen atoms in total. The van der Waals surface area contributed by atoms with Gasteiger partial charge in [-0.05, 0) is 38.1 Å². The van der Waals surface area contributed by atoms with Crippen molar-refractivity contribution < 1.29 is 13.9 Å². The second kappa shape index (κ2) is 4.89.